The van der Waals surface area contributed by atoms with E-state index in [0.29, 0.717) is 17.9 Å². The molecule has 0 amide bonds. The number of aliphatic carboxylic acids is 1. The van der Waals surface area contributed by atoms with Crippen molar-refractivity contribution >= 4 is 46.7 Å². The number of hydrogen-bond acceptors (Lipinski definition) is 7. The number of carboxylic acids is 1. The van der Waals surface area contributed by atoms with Crippen LogP contribution in [0.15, 0.2) is 16.0 Å². The van der Waals surface area contributed by atoms with Crippen LogP contribution in [0, 0.1) is 0 Å². The Kier molecular flexibility index (Phi) is 2.74. The zero-order valence-electron chi connectivity index (χ0n) is 15.2. The Morgan fingerprint density at radius 3 is 3.17 bits per heavy atom. The van der Waals surface area contributed by atoms with Crippen molar-refractivity contribution in [1.82, 2.24) is 9.89 Å². The molecule has 29 heavy (non-hydrogen) atoms. The molecule has 8 nitrogen and oxygen atoms in total. The minimum atomic E-state index is -0.944. The Hall–Kier alpha value is -2.65. The first-order valence-electron chi connectivity index (χ1n) is 9.75. The average molecular weight is 409 g/mol. The van der Waals surface area contributed by atoms with Crippen LogP contribution >= 0.6 is 11.8 Å². The highest BCUT2D eigenvalue weighted by Gasteiger charge is 2.67. The third-order valence-corrected chi connectivity index (χ3v) is 8.49. The number of aromatic hydroxyl groups is 1. The van der Waals surface area contributed by atoms with Crippen LogP contribution in [-0.2, 0) is 15.0 Å². The minimum absolute atomic E-state index is 0.0185. The number of carbonyl (C=O) groups is 2. The van der Waals surface area contributed by atoms with Crippen LogP contribution in [0.3, 0.4) is 0 Å². The molecule has 1 saturated heterocycles. The van der Waals surface area contributed by atoms with Gasteiger partial charge in [-0.2, -0.15) is 0 Å². The normalized spacial score (nSPS) is 33.7. The Morgan fingerprint density at radius 1 is 1.48 bits per heavy atom. The molecule has 7 rings (SSSR count). The summed E-state index contributed by atoms with van der Waals surface area (Å²) in [5.41, 5.74) is 2.86. The molecule has 0 radical (unpaired) electrons. The lowest BCUT2D eigenvalue weighted by molar-refractivity contribution is -0.136. The SMILES string of the molecule is O=C(O)CNC1C2C(=O)C=C3SC4CC31c1c(c(O)c3c5c1=[N+]2CCC=5C=N3)N4. The molecule has 4 atom stereocenters. The first-order valence-corrected chi connectivity index (χ1v) is 10.6. The molecular formula is C20H17N4O4S+. The van der Waals surface area contributed by atoms with Gasteiger partial charge in [0.25, 0.3) is 0 Å². The Morgan fingerprint density at radius 2 is 2.34 bits per heavy atom. The second-order valence-corrected chi connectivity index (χ2v) is 9.68. The van der Waals surface area contributed by atoms with E-state index in [0.717, 1.165) is 39.5 Å². The van der Waals surface area contributed by atoms with E-state index in [1.165, 1.54) is 0 Å². The van der Waals surface area contributed by atoms with Gasteiger partial charge in [0.2, 0.25) is 17.2 Å². The average Bonchev–Trinajstić information content (AvgIpc) is 3.23. The molecule has 1 aromatic rings. The van der Waals surface area contributed by atoms with Gasteiger partial charge in [0.05, 0.1) is 39.8 Å². The van der Waals surface area contributed by atoms with Gasteiger partial charge in [0.1, 0.15) is 12.2 Å². The monoisotopic (exact) mass is 409 g/mol. The number of phenols is 1. The lowest BCUT2D eigenvalue weighted by Gasteiger charge is -2.48. The number of ketones is 1. The number of carboxylic acid groups (broad SMARTS) is 1. The fraction of sp³-hybridized carbons (Fsp3) is 0.400. The van der Waals surface area contributed by atoms with E-state index in [2.05, 4.69) is 20.2 Å². The van der Waals surface area contributed by atoms with Crippen molar-refractivity contribution in [1.29, 1.82) is 0 Å². The summed E-state index contributed by atoms with van der Waals surface area (Å²) in [4.78, 5) is 30.1. The molecule has 1 spiro atoms. The number of nitrogens with one attached hydrogen (secondary N) is 2. The van der Waals surface area contributed by atoms with Crippen molar-refractivity contribution in [3.8, 4) is 5.75 Å². The third-order valence-electron chi connectivity index (χ3n) is 7.19. The molecule has 3 bridgehead atoms. The number of fused-ring (bicyclic) bond motifs is 3. The highest BCUT2D eigenvalue weighted by atomic mass is 32.2. The molecule has 1 aromatic carbocycles. The summed E-state index contributed by atoms with van der Waals surface area (Å²) >= 11 is 1.62. The van der Waals surface area contributed by atoms with Crippen LogP contribution in [0.4, 0.5) is 11.4 Å². The lowest BCUT2D eigenvalue weighted by Crippen LogP contribution is -2.73. The number of phenolic OH excluding ortho intramolecular Hbond substituents is 1. The van der Waals surface area contributed by atoms with E-state index in [1.54, 1.807) is 17.8 Å². The topological polar surface area (TPSA) is 114 Å². The van der Waals surface area contributed by atoms with Gasteiger partial charge in [0, 0.05) is 17.5 Å². The van der Waals surface area contributed by atoms with Crippen molar-refractivity contribution in [3.05, 3.63) is 27.1 Å². The fourth-order valence-corrected chi connectivity index (χ4v) is 7.79. The summed E-state index contributed by atoms with van der Waals surface area (Å²) in [5.74, 6) is -0.768. The van der Waals surface area contributed by atoms with E-state index in [1.807, 2.05) is 6.21 Å². The molecule has 0 aromatic heterocycles. The molecule has 9 heteroatoms. The fourth-order valence-electron chi connectivity index (χ4n) is 6.25. The van der Waals surface area contributed by atoms with Crippen LogP contribution < -0.4 is 25.8 Å². The van der Waals surface area contributed by atoms with Gasteiger partial charge < -0.3 is 15.5 Å². The van der Waals surface area contributed by atoms with Crippen molar-refractivity contribution in [2.75, 3.05) is 18.4 Å². The van der Waals surface area contributed by atoms with Gasteiger partial charge >= 0.3 is 5.97 Å². The second-order valence-electron chi connectivity index (χ2n) is 8.43. The maximum absolute atomic E-state index is 13.3. The number of carbonyl (C=O) groups excluding carboxylic acids is 1. The summed E-state index contributed by atoms with van der Waals surface area (Å²) in [6.45, 7) is 0.463. The molecule has 0 saturated carbocycles. The van der Waals surface area contributed by atoms with E-state index in [-0.39, 0.29) is 29.5 Å². The van der Waals surface area contributed by atoms with Crippen LogP contribution in [0.1, 0.15) is 18.4 Å². The van der Waals surface area contributed by atoms with Crippen molar-refractivity contribution in [2.45, 2.75) is 35.7 Å². The van der Waals surface area contributed by atoms with E-state index in [4.69, 9.17) is 0 Å². The first-order chi connectivity index (χ1) is 14.0. The van der Waals surface area contributed by atoms with Gasteiger partial charge in [-0.1, -0.05) is 0 Å². The number of anilines is 1. The van der Waals surface area contributed by atoms with Crippen LogP contribution in [0.2, 0.25) is 0 Å². The first kappa shape index (κ1) is 16.2. The number of aliphatic imine (C=N–C) groups is 1. The Bertz CT molecular complexity index is 1280. The molecule has 1 fully saturated rings. The zero-order valence-corrected chi connectivity index (χ0v) is 16.0. The summed E-state index contributed by atoms with van der Waals surface area (Å²) in [5, 5.41) is 29.1. The van der Waals surface area contributed by atoms with E-state index < -0.39 is 17.4 Å². The molecule has 4 unspecified atom stereocenters. The van der Waals surface area contributed by atoms with Crippen LogP contribution in [-0.4, -0.2) is 58.7 Å². The number of hydrogen-bond donors (Lipinski definition) is 4. The smallest absolute Gasteiger partial charge is 0.317 e. The summed E-state index contributed by atoms with van der Waals surface area (Å²) in [6.07, 6.45) is 5.09. The van der Waals surface area contributed by atoms with Gasteiger partial charge in [-0.25, -0.2) is 4.58 Å². The molecule has 4 N–H and O–H groups in total. The standard InChI is InChI=1S/C20H16N4O4S/c25-8-3-9-20-4-10(29-9)23-15-13(20)17-12-7(5-21-14(12)18(15)28)1-2-24(17)16(8)19(20)22-6-11(26)27/h3,5,10,16,19,22H,1-2,4,6H2,(H2,21,23,26,27,28)/p+1. The molecule has 5 heterocycles. The predicted octanol–water partition coefficient (Wildman–Crippen LogP) is -0.828. The quantitative estimate of drug-likeness (QED) is 0.381. The maximum Gasteiger partial charge on any atom is 0.317 e. The van der Waals surface area contributed by atoms with Crippen molar-refractivity contribution < 1.29 is 19.8 Å². The second kappa shape index (κ2) is 4.91. The van der Waals surface area contributed by atoms with Crippen molar-refractivity contribution in [2.24, 2.45) is 4.99 Å². The van der Waals surface area contributed by atoms with Crippen molar-refractivity contribution in [3.63, 3.8) is 0 Å². The van der Waals surface area contributed by atoms with E-state index >= 15 is 0 Å². The maximum atomic E-state index is 13.3. The predicted molar refractivity (Wildman–Crippen MR) is 107 cm³/mol. The third kappa shape index (κ3) is 1.66. The number of nitrogens with zero attached hydrogens (tertiary/aromatic N) is 2. The van der Waals surface area contributed by atoms with Crippen LogP contribution in [0.5, 0.6) is 5.75 Å². The lowest BCUT2D eigenvalue weighted by atomic mass is 9.61. The Balaban J connectivity index is 1.66. The Labute approximate surface area is 168 Å². The summed E-state index contributed by atoms with van der Waals surface area (Å²) < 4.78 is 2.13. The largest absolute Gasteiger partial charge is 0.504 e. The van der Waals surface area contributed by atoms with Gasteiger partial charge in [-0.15, -0.1) is 11.8 Å². The molecule has 5 aliphatic heterocycles. The highest BCUT2D eigenvalue weighted by molar-refractivity contribution is 8.04. The van der Waals surface area contributed by atoms with Gasteiger partial charge in [-0.3, -0.25) is 19.9 Å². The molecule has 1 aliphatic carbocycles. The van der Waals surface area contributed by atoms with Gasteiger partial charge in [-0.05, 0) is 18.1 Å². The number of thioether (sulfide) groups is 1. The van der Waals surface area contributed by atoms with Gasteiger partial charge in [0.15, 0.2) is 5.75 Å². The highest BCUT2D eigenvalue weighted by Crippen LogP contribution is 2.62. The van der Waals surface area contributed by atoms with Crippen LogP contribution in [0.25, 0.3) is 5.57 Å². The summed E-state index contributed by atoms with van der Waals surface area (Å²) in [7, 11) is 0. The summed E-state index contributed by atoms with van der Waals surface area (Å²) in [6, 6.07) is -0.801. The molecule has 146 valence electrons. The zero-order chi connectivity index (χ0) is 19.7. The van der Waals surface area contributed by atoms with E-state index in [9.17, 15) is 19.8 Å². The molecule has 6 aliphatic rings. The number of benzene rings is 1. The number of rotatable bonds is 3. The minimum Gasteiger partial charge on any atom is -0.504 e. The molecular weight excluding hydrogens is 392 g/mol.